The van der Waals surface area contributed by atoms with Crippen LogP contribution in [0.5, 0.6) is 0 Å². The summed E-state index contributed by atoms with van der Waals surface area (Å²) in [6.45, 7) is 1.93. The molecule has 0 saturated carbocycles. The number of rotatable bonds is 10. The zero-order valence-corrected chi connectivity index (χ0v) is 18.5. The third-order valence-corrected chi connectivity index (χ3v) is 5.50. The first-order valence-corrected chi connectivity index (χ1v) is 10.8. The predicted molar refractivity (Wildman–Crippen MR) is 123 cm³/mol. The molecule has 2 atom stereocenters. The lowest BCUT2D eigenvalue weighted by Gasteiger charge is -2.21. The van der Waals surface area contributed by atoms with Crippen LogP contribution < -0.4 is 5.32 Å². The highest BCUT2D eigenvalue weighted by molar-refractivity contribution is 6.30. The van der Waals surface area contributed by atoms with Gasteiger partial charge < -0.3 is 15.5 Å². The van der Waals surface area contributed by atoms with Crippen molar-refractivity contribution < 1.29 is 19.8 Å². The van der Waals surface area contributed by atoms with Crippen molar-refractivity contribution in [3.8, 4) is 11.1 Å². The number of H-pyrrole nitrogens is 1. The van der Waals surface area contributed by atoms with Gasteiger partial charge in [-0.05, 0) is 54.0 Å². The summed E-state index contributed by atoms with van der Waals surface area (Å²) in [6, 6.07) is 16.9. The van der Waals surface area contributed by atoms with Gasteiger partial charge in [-0.2, -0.15) is 5.10 Å². The third kappa shape index (κ3) is 6.42. The number of halogens is 1. The van der Waals surface area contributed by atoms with Crippen LogP contribution in [0.2, 0.25) is 5.02 Å². The zero-order chi connectivity index (χ0) is 23.1. The van der Waals surface area contributed by atoms with E-state index in [2.05, 4.69) is 27.6 Å². The smallest absolute Gasteiger partial charge is 0.353 e. The normalized spacial score (nSPS) is 12.8. The molecule has 3 aromatic rings. The summed E-state index contributed by atoms with van der Waals surface area (Å²) in [7, 11) is 0. The Morgan fingerprint density at radius 3 is 2.50 bits per heavy atom. The largest absolute Gasteiger partial charge is 0.477 e. The van der Waals surface area contributed by atoms with E-state index in [1.807, 2.05) is 43.3 Å². The molecule has 0 radical (unpaired) electrons. The molecule has 0 aliphatic carbocycles. The van der Waals surface area contributed by atoms with Crippen molar-refractivity contribution in [2.75, 3.05) is 6.61 Å². The van der Waals surface area contributed by atoms with Crippen LogP contribution in [0.1, 0.15) is 46.3 Å². The van der Waals surface area contributed by atoms with Gasteiger partial charge in [0.15, 0.2) is 5.69 Å². The number of aromatic carboxylic acids is 1. The van der Waals surface area contributed by atoms with Crippen molar-refractivity contribution >= 4 is 23.5 Å². The number of aryl methyl sites for hydroxylation is 1. The molecular weight excluding hydrogens is 430 g/mol. The van der Waals surface area contributed by atoms with Crippen LogP contribution in [-0.2, 0) is 6.42 Å². The summed E-state index contributed by atoms with van der Waals surface area (Å²) in [5, 5.41) is 28.2. The molecule has 1 aromatic heterocycles. The number of carboxylic acids is 1. The first-order chi connectivity index (χ1) is 15.4. The van der Waals surface area contributed by atoms with E-state index in [4.69, 9.17) is 16.7 Å². The lowest BCUT2D eigenvalue weighted by Crippen LogP contribution is -2.37. The lowest BCUT2D eigenvalue weighted by molar-refractivity contribution is 0.0690. The van der Waals surface area contributed by atoms with Crippen LogP contribution in [-0.4, -0.2) is 44.9 Å². The van der Waals surface area contributed by atoms with E-state index in [0.717, 1.165) is 23.1 Å². The van der Waals surface area contributed by atoms with Crippen molar-refractivity contribution in [3.05, 3.63) is 76.6 Å². The van der Waals surface area contributed by atoms with Gasteiger partial charge in [-0.3, -0.25) is 9.89 Å². The monoisotopic (exact) mass is 455 g/mol. The molecule has 32 heavy (non-hydrogen) atoms. The summed E-state index contributed by atoms with van der Waals surface area (Å²) >= 11 is 6.08. The van der Waals surface area contributed by atoms with E-state index in [9.17, 15) is 14.7 Å². The molecule has 168 valence electrons. The van der Waals surface area contributed by atoms with Gasteiger partial charge in [0.1, 0.15) is 5.69 Å². The van der Waals surface area contributed by atoms with E-state index in [-0.39, 0.29) is 30.0 Å². The van der Waals surface area contributed by atoms with Gasteiger partial charge in [0.05, 0.1) is 0 Å². The highest BCUT2D eigenvalue weighted by Crippen LogP contribution is 2.23. The maximum atomic E-state index is 12.5. The van der Waals surface area contributed by atoms with Crippen LogP contribution in [0.15, 0.2) is 54.6 Å². The average molecular weight is 456 g/mol. The minimum Gasteiger partial charge on any atom is -0.477 e. The fraction of sp³-hybridized carbons (Fsp3) is 0.292. The van der Waals surface area contributed by atoms with Crippen LogP contribution in [0.3, 0.4) is 0 Å². The molecule has 0 saturated heterocycles. The molecule has 3 rings (SSSR count). The Morgan fingerprint density at radius 1 is 1.12 bits per heavy atom. The minimum absolute atomic E-state index is 0.0132. The Bertz CT molecular complexity index is 1070. The van der Waals surface area contributed by atoms with E-state index in [0.29, 0.717) is 17.9 Å². The van der Waals surface area contributed by atoms with E-state index < -0.39 is 11.9 Å². The van der Waals surface area contributed by atoms with Gasteiger partial charge in [0, 0.05) is 23.7 Å². The van der Waals surface area contributed by atoms with Gasteiger partial charge in [-0.25, -0.2) is 4.79 Å². The molecule has 0 spiro atoms. The summed E-state index contributed by atoms with van der Waals surface area (Å²) in [5.41, 5.74) is 3.12. The Balaban J connectivity index is 1.64. The summed E-state index contributed by atoms with van der Waals surface area (Å²) in [6.07, 6.45) is 2.00. The second-order valence-corrected chi connectivity index (χ2v) is 8.35. The second-order valence-electron chi connectivity index (χ2n) is 7.91. The highest BCUT2D eigenvalue weighted by atomic mass is 35.5. The summed E-state index contributed by atoms with van der Waals surface area (Å²) < 4.78 is 0. The van der Waals surface area contributed by atoms with E-state index in [1.165, 1.54) is 6.07 Å². The molecule has 8 heteroatoms. The number of carbonyl (C=O) groups is 2. The maximum Gasteiger partial charge on any atom is 0.353 e. The summed E-state index contributed by atoms with van der Waals surface area (Å²) in [4.78, 5) is 23.5. The van der Waals surface area contributed by atoms with Crippen molar-refractivity contribution in [2.24, 2.45) is 5.92 Å². The number of aliphatic hydroxyl groups excluding tert-OH is 1. The first-order valence-electron chi connectivity index (χ1n) is 10.4. The Hall–Kier alpha value is -3.16. The maximum absolute atomic E-state index is 12.5. The lowest BCUT2D eigenvalue weighted by atomic mass is 9.95. The fourth-order valence-corrected chi connectivity index (χ4v) is 3.68. The number of nitrogens with one attached hydrogen (secondary N) is 2. The van der Waals surface area contributed by atoms with Gasteiger partial charge in [0.25, 0.3) is 5.91 Å². The molecule has 4 N–H and O–H groups in total. The van der Waals surface area contributed by atoms with E-state index in [1.54, 1.807) is 0 Å². The number of benzene rings is 2. The summed E-state index contributed by atoms with van der Waals surface area (Å²) in [5.74, 6) is -1.61. The molecule has 1 heterocycles. The van der Waals surface area contributed by atoms with Crippen molar-refractivity contribution in [3.63, 3.8) is 0 Å². The fourth-order valence-electron chi connectivity index (χ4n) is 3.49. The highest BCUT2D eigenvalue weighted by Gasteiger charge is 2.19. The zero-order valence-electron chi connectivity index (χ0n) is 17.7. The number of carbonyl (C=O) groups excluding carboxylic acids is 1. The number of aliphatic hydroxyl groups is 1. The minimum atomic E-state index is -1.18. The topological polar surface area (TPSA) is 115 Å². The van der Waals surface area contributed by atoms with Crippen LogP contribution in [0.4, 0.5) is 0 Å². The third-order valence-electron chi connectivity index (χ3n) is 5.27. The molecular formula is C24H26ClN3O4. The SMILES string of the molecule is CC(CO)CC(CCc1ccc(-c2cccc(Cl)c2)cc1)NC(=O)c1cc(C(=O)O)[nH]n1. The number of hydrogen-bond acceptors (Lipinski definition) is 4. The molecule has 0 aliphatic rings. The van der Waals surface area contributed by atoms with Gasteiger partial charge in [-0.15, -0.1) is 0 Å². The van der Waals surface area contributed by atoms with Gasteiger partial charge in [0.2, 0.25) is 0 Å². The number of aromatic amines is 1. The molecule has 1 amide bonds. The Kier molecular flexibility index (Phi) is 8.03. The van der Waals surface area contributed by atoms with E-state index >= 15 is 0 Å². The number of amides is 1. The van der Waals surface area contributed by atoms with Crippen molar-refractivity contribution in [2.45, 2.75) is 32.2 Å². The van der Waals surface area contributed by atoms with Crippen molar-refractivity contribution in [1.82, 2.24) is 15.5 Å². The molecule has 2 unspecified atom stereocenters. The quantitative estimate of drug-likeness (QED) is 0.366. The van der Waals surface area contributed by atoms with Crippen LogP contribution in [0, 0.1) is 5.92 Å². The molecule has 0 aliphatic heterocycles. The number of nitrogens with zero attached hydrogens (tertiary/aromatic N) is 1. The molecule has 0 fully saturated rings. The average Bonchev–Trinajstić information content (AvgIpc) is 3.28. The Morgan fingerprint density at radius 2 is 1.88 bits per heavy atom. The number of aromatic nitrogens is 2. The first kappa shape index (κ1) is 23.5. The molecule has 7 nitrogen and oxygen atoms in total. The van der Waals surface area contributed by atoms with Gasteiger partial charge >= 0.3 is 5.97 Å². The van der Waals surface area contributed by atoms with Crippen LogP contribution >= 0.6 is 11.6 Å². The van der Waals surface area contributed by atoms with Crippen molar-refractivity contribution in [1.29, 1.82) is 0 Å². The van der Waals surface area contributed by atoms with Gasteiger partial charge in [-0.1, -0.05) is 54.9 Å². The standard InChI is InChI=1S/C24H26ClN3O4/c1-15(14-29)11-20(26-23(30)21-13-22(24(31)32)28-27-21)10-7-16-5-8-17(9-6-16)18-3-2-4-19(25)12-18/h2-6,8-9,12-13,15,20,29H,7,10-11,14H2,1H3,(H,26,30)(H,27,28)(H,31,32). The second kappa shape index (κ2) is 10.9. The Labute approximate surface area is 191 Å². The predicted octanol–water partition coefficient (Wildman–Crippen LogP) is 4.18. The molecule has 2 aromatic carbocycles. The number of carboxylic acid groups (broad SMARTS) is 1. The number of hydrogen-bond donors (Lipinski definition) is 4. The molecule has 0 bridgehead atoms. The van der Waals surface area contributed by atoms with Crippen LogP contribution in [0.25, 0.3) is 11.1 Å².